The van der Waals surface area contributed by atoms with E-state index in [-0.39, 0.29) is 18.3 Å². The highest BCUT2D eigenvalue weighted by molar-refractivity contribution is 5.97. The molecule has 2 fully saturated rings. The second-order valence-corrected chi connectivity index (χ2v) is 10.4. The molecule has 2 aliphatic rings. The van der Waals surface area contributed by atoms with Crippen molar-refractivity contribution in [2.75, 3.05) is 20.2 Å². The van der Waals surface area contributed by atoms with Gasteiger partial charge in [0.2, 0.25) is 0 Å². The Labute approximate surface area is 205 Å². The van der Waals surface area contributed by atoms with Gasteiger partial charge in [0.15, 0.2) is 0 Å². The molecule has 0 spiro atoms. The Morgan fingerprint density at radius 2 is 1.68 bits per heavy atom. The van der Waals surface area contributed by atoms with Gasteiger partial charge in [0.25, 0.3) is 0 Å². The van der Waals surface area contributed by atoms with E-state index in [9.17, 15) is 4.79 Å². The number of hydrogen-bond donors (Lipinski definition) is 0. The summed E-state index contributed by atoms with van der Waals surface area (Å²) in [5.41, 5.74) is 4.83. The van der Waals surface area contributed by atoms with E-state index in [1.54, 1.807) is 0 Å². The first kappa shape index (κ1) is 24.9. The average molecular weight is 464 g/mol. The third kappa shape index (κ3) is 5.72. The van der Waals surface area contributed by atoms with E-state index < -0.39 is 0 Å². The Bertz CT molecular complexity index is 963. The van der Waals surface area contributed by atoms with Crippen molar-refractivity contribution in [2.45, 2.75) is 78.0 Å². The Morgan fingerprint density at radius 1 is 0.941 bits per heavy atom. The minimum atomic E-state index is -0.304. The number of carbonyl (C=O) groups excluding carboxylic acids is 1. The second kappa shape index (κ2) is 11.5. The van der Waals surface area contributed by atoms with E-state index in [2.05, 4.69) is 49.9 Å². The van der Waals surface area contributed by atoms with E-state index in [0.29, 0.717) is 5.56 Å². The van der Waals surface area contributed by atoms with Gasteiger partial charge in [0.1, 0.15) is 6.23 Å². The highest BCUT2D eigenvalue weighted by atomic mass is 16.5. The highest BCUT2D eigenvalue weighted by Gasteiger charge is 2.33. The number of methoxy groups -OCH3 is 1. The molecule has 2 aromatic rings. The standard InChI is InChI=1S/C30H41NO3/c1-21(2)34-29(31-18-10-14-25(20-31)23-12-6-5-7-13-23)24-16-17-27(30(32)33-4)28(19-24)26-15-9-8-11-22(26)3/h8-9,11,15-17,19,21,23,25,29H,5-7,10,12-14,18,20H2,1-4H3. The van der Waals surface area contributed by atoms with E-state index in [0.717, 1.165) is 47.2 Å². The molecule has 0 aromatic heterocycles. The van der Waals surface area contributed by atoms with Gasteiger partial charge in [-0.15, -0.1) is 0 Å². The lowest BCUT2D eigenvalue weighted by molar-refractivity contribution is -0.108. The van der Waals surface area contributed by atoms with Crippen LogP contribution in [0.2, 0.25) is 0 Å². The monoisotopic (exact) mass is 463 g/mol. The molecule has 4 heteroatoms. The Morgan fingerprint density at radius 3 is 2.38 bits per heavy atom. The van der Waals surface area contributed by atoms with Crippen molar-refractivity contribution in [2.24, 2.45) is 11.8 Å². The van der Waals surface area contributed by atoms with Crippen LogP contribution in [0.15, 0.2) is 42.5 Å². The van der Waals surface area contributed by atoms with Gasteiger partial charge in [-0.25, -0.2) is 4.79 Å². The fourth-order valence-electron chi connectivity index (χ4n) is 5.98. The molecule has 1 aliphatic carbocycles. The number of nitrogens with zero attached hydrogens (tertiary/aromatic N) is 1. The molecule has 0 bridgehead atoms. The summed E-state index contributed by atoms with van der Waals surface area (Å²) >= 11 is 0. The summed E-state index contributed by atoms with van der Waals surface area (Å²) in [7, 11) is 1.45. The molecule has 0 N–H and O–H groups in total. The zero-order chi connectivity index (χ0) is 24.1. The number of esters is 1. The first-order valence-corrected chi connectivity index (χ1v) is 13.2. The van der Waals surface area contributed by atoms with Crippen molar-refractivity contribution in [1.29, 1.82) is 0 Å². The molecule has 2 unspecified atom stereocenters. The molecular formula is C30H41NO3. The highest BCUT2D eigenvalue weighted by Crippen LogP contribution is 2.39. The van der Waals surface area contributed by atoms with Gasteiger partial charge in [0.05, 0.1) is 18.8 Å². The minimum Gasteiger partial charge on any atom is -0.465 e. The number of likely N-dealkylation sites (tertiary alicyclic amines) is 1. The molecule has 184 valence electrons. The maximum Gasteiger partial charge on any atom is 0.338 e. The summed E-state index contributed by atoms with van der Waals surface area (Å²) in [6.07, 6.45) is 9.53. The van der Waals surface area contributed by atoms with Crippen LogP contribution < -0.4 is 0 Å². The number of piperidine rings is 1. The number of benzene rings is 2. The van der Waals surface area contributed by atoms with Crippen molar-refractivity contribution < 1.29 is 14.3 Å². The van der Waals surface area contributed by atoms with Crippen molar-refractivity contribution in [3.63, 3.8) is 0 Å². The van der Waals surface area contributed by atoms with E-state index >= 15 is 0 Å². The van der Waals surface area contributed by atoms with Crippen LogP contribution in [0.25, 0.3) is 11.1 Å². The summed E-state index contributed by atoms with van der Waals surface area (Å²) in [4.78, 5) is 15.2. The first-order valence-electron chi connectivity index (χ1n) is 13.2. The van der Waals surface area contributed by atoms with Crippen molar-refractivity contribution >= 4 is 5.97 Å². The average Bonchev–Trinajstić information content (AvgIpc) is 2.87. The molecule has 1 aliphatic heterocycles. The van der Waals surface area contributed by atoms with E-state index in [4.69, 9.17) is 9.47 Å². The molecule has 1 saturated heterocycles. The van der Waals surface area contributed by atoms with E-state index in [1.807, 2.05) is 18.2 Å². The lowest BCUT2D eigenvalue weighted by Gasteiger charge is -2.42. The normalized spacial score (nSPS) is 20.9. The number of hydrogen-bond acceptors (Lipinski definition) is 4. The maximum absolute atomic E-state index is 12.6. The topological polar surface area (TPSA) is 38.8 Å². The SMILES string of the molecule is COC(=O)c1ccc(C(OC(C)C)N2CCCC(C3CCCCC3)C2)cc1-c1ccccc1C. The van der Waals surface area contributed by atoms with Crippen LogP contribution in [0.3, 0.4) is 0 Å². The Kier molecular flexibility index (Phi) is 8.44. The predicted molar refractivity (Wildman–Crippen MR) is 138 cm³/mol. The number of carbonyl (C=O) groups is 1. The number of aryl methyl sites for hydroxylation is 1. The van der Waals surface area contributed by atoms with Gasteiger partial charge in [-0.05, 0) is 79.8 Å². The maximum atomic E-state index is 12.6. The molecule has 4 nitrogen and oxygen atoms in total. The summed E-state index contributed by atoms with van der Waals surface area (Å²) < 4.78 is 11.7. The van der Waals surface area contributed by atoms with Gasteiger partial charge < -0.3 is 9.47 Å². The summed E-state index contributed by atoms with van der Waals surface area (Å²) in [5.74, 6) is 1.32. The summed E-state index contributed by atoms with van der Waals surface area (Å²) in [6, 6.07) is 14.4. The zero-order valence-electron chi connectivity index (χ0n) is 21.4. The third-order valence-electron chi connectivity index (χ3n) is 7.71. The lowest BCUT2D eigenvalue weighted by atomic mass is 9.76. The molecule has 0 radical (unpaired) electrons. The predicted octanol–water partition coefficient (Wildman–Crippen LogP) is 7.16. The molecule has 1 heterocycles. The summed E-state index contributed by atoms with van der Waals surface area (Å²) in [6.45, 7) is 8.46. The number of ether oxygens (including phenoxy) is 2. The largest absolute Gasteiger partial charge is 0.465 e. The van der Waals surface area contributed by atoms with Crippen LogP contribution in [-0.4, -0.2) is 37.2 Å². The van der Waals surface area contributed by atoms with Crippen LogP contribution in [0.1, 0.15) is 86.5 Å². The molecule has 34 heavy (non-hydrogen) atoms. The van der Waals surface area contributed by atoms with E-state index in [1.165, 1.54) is 52.1 Å². The van der Waals surface area contributed by atoms with Crippen LogP contribution in [0.4, 0.5) is 0 Å². The lowest BCUT2D eigenvalue weighted by Crippen LogP contribution is -2.42. The van der Waals surface area contributed by atoms with Gasteiger partial charge in [-0.3, -0.25) is 4.90 Å². The van der Waals surface area contributed by atoms with Gasteiger partial charge in [0, 0.05) is 13.1 Å². The van der Waals surface area contributed by atoms with Crippen LogP contribution in [-0.2, 0) is 9.47 Å². The minimum absolute atomic E-state index is 0.110. The molecule has 2 aromatic carbocycles. The smallest absolute Gasteiger partial charge is 0.338 e. The Balaban J connectivity index is 1.69. The second-order valence-electron chi connectivity index (χ2n) is 10.4. The molecule has 4 rings (SSSR count). The van der Waals surface area contributed by atoms with Crippen molar-refractivity contribution in [3.8, 4) is 11.1 Å². The van der Waals surface area contributed by atoms with Crippen molar-refractivity contribution in [3.05, 3.63) is 59.2 Å². The fraction of sp³-hybridized carbons (Fsp3) is 0.567. The van der Waals surface area contributed by atoms with Crippen molar-refractivity contribution in [1.82, 2.24) is 4.90 Å². The molecule has 1 saturated carbocycles. The van der Waals surface area contributed by atoms with Gasteiger partial charge in [-0.2, -0.15) is 0 Å². The summed E-state index contributed by atoms with van der Waals surface area (Å²) in [5, 5.41) is 0. The third-order valence-corrected chi connectivity index (χ3v) is 7.71. The number of rotatable bonds is 7. The fourth-order valence-corrected chi connectivity index (χ4v) is 5.98. The molecule has 0 amide bonds. The zero-order valence-corrected chi connectivity index (χ0v) is 21.4. The van der Waals surface area contributed by atoms with Gasteiger partial charge >= 0.3 is 5.97 Å². The van der Waals surface area contributed by atoms with Crippen LogP contribution in [0, 0.1) is 18.8 Å². The first-order chi connectivity index (χ1) is 16.5. The molecular weight excluding hydrogens is 422 g/mol. The van der Waals surface area contributed by atoms with Gasteiger partial charge in [-0.1, -0.05) is 62.4 Å². The Hall–Kier alpha value is -2.17. The molecule has 2 atom stereocenters. The quantitative estimate of drug-likeness (QED) is 0.408. The van der Waals surface area contributed by atoms with Crippen LogP contribution in [0.5, 0.6) is 0 Å². The van der Waals surface area contributed by atoms with Crippen LogP contribution >= 0.6 is 0 Å².